The molecule has 0 aliphatic rings. The fourth-order valence-corrected chi connectivity index (χ4v) is 3.69. The van der Waals surface area contributed by atoms with E-state index in [2.05, 4.69) is 9.71 Å². The zero-order chi connectivity index (χ0) is 13.2. The number of halogens is 1. The molecule has 5 nitrogen and oxygen atoms in total. The molecule has 96 valence electrons. The van der Waals surface area contributed by atoms with E-state index in [0.29, 0.717) is 4.88 Å². The summed E-state index contributed by atoms with van der Waals surface area (Å²) in [6.07, 6.45) is 2.17. The summed E-state index contributed by atoms with van der Waals surface area (Å²) in [5.41, 5.74) is 0.0325. The summed E-state index contributed by atoms with van der Waals surface area (Å²) in [4.78, 5) is 3.85. The topological polar surface area (TPSA) is 79.3 Å². The highest BCUT2D eigenvalue weighted by atomic mass is 32.2. The standard InChI is InChI=1S/C10H9FN2O3S2/c11-7-3-8(5-12-4-7)13-18(15,16)10-1-2-17-9(10)6-14/h1-5,13-14H,6H2. The molecule has 2 aromatic heterocycles. The van der Waals surface area contributed by atoms with E-state index in [1.165, 1.54) is 12.3 Å². The largest absolute Gasteiger partial charge is 0.391 e. The van der Waals surface area contributed by atoms with Gasteiger partial charge in [-0.05, 0) is 11.4 Å². The molecule has 0 radical (unpaired) electrons. The summed E-state index contributed by atoms with van der Waals surface area (Å²) < 4.78 is 39.1. The first-order valence-corrected chi connectivity index (χ1v) is 7.20. The molecule has 2 aromatic rings. The van der Waals surface area contributed by atoms with E-state index in [0.717, 1.165) is 23.6 Å². The van der Waals surface area contributed by atoms with Crippen molar-refractivity contribution in [3.05, 3.63) is 40.6 Å². The lowest BCUT2D eigenvalue weighted by Gasteiger charge is -2.07. The van der Waals surface area contributed by atoms with Crippen LogP contribution in [0.2, 0.25) is 0 Å². The smallest absolute Gasteiger partial charge is 0.263 e. The Morgan fingerprint density at radius 1 is 1.44 bits per heavy atom. The van der Waals surface area contributed by atoms with Crippen molar-refractivity contribution in [3.8, 4) is 0 Å². The zero-order valence-corrected chi connectivity index (χ0v) is 10.6. The van der Waals surface area contributed by atoms with Crippen molar-refractivity contribution in [1.82, 2.24) is 4.98 Å². The first kappa shape index (κ1) is 12.9. The molecule has 8 heteroatoms. The molecule has 0 aromatic carbocycles. The Morgan fingerprint density at radius 3 is 2.89 bits per heavy atom. The predicted octanol–water partition coefficient (Wildman–Crippen LogP) is 1.58. The minimum atomic E-state index is -3.84. The SMILES string of the molecule is O=S(=O)(Nc1cncc(F)c1)c1ccsc1CO. The second kappa shape index (κ2) is 5.01. The van der Waals surface area contributed by atoms with Crippen LogP contribution in [0.3, 0.4) is 0 Å². The molecule has 0 fully saturated rings. The lowest BCUT2D eigenvalue weighted by molar-refractivity contribution is 0.282. The average Bonchev–Trinajstić information content (AvgIpc) is 2.77. The van der Waals surface area contributed by atoms with Crippen LogP contribution in [0.25, 0.3) is 0 Å². The molecule has 2 N–H and O–H groups in total. The van der Waals surface area contributed by atoms with Crippen molar-refractivity contribution in [2.24, 2.45) is 0 Å². The third-order valence-corrected chi connectivity index (χ3v) is 4.60. The number of hydrogen-bond acceptors (Lipinski definition) is 5. The van der Waals surface area contributed by atoms with Crippen LogP contribution in [0.4, 0.5) is 10.1 Å². The van der Waals surface area contributed by atoms with Crippen molar-refractivity contribution in [3.63, 3.8) is 0 Å². The van der Waals surface area contributed by atoms with E-state index < -0.39 is 15.8 Å². The number of thiophene rings is 1. The van der Waals surface area contributed by atoms with E-state index in [-0.39, 0.29) is 17.2 Å². The minimum Gasteiger partial charge on any atom is -0.391 e. The van der Waals surface area contributed by atoms with Crippen molar-refractivity contribution in [2.45, 2.75) is 11.5 Å². The second-order valence-corrected chi connectivity index (χ2v) is 6.01. The van der Waals surface area contributed by atoms with E-state index in [4.69, 9.17) is 5.11 Å². The number of nitrogens with one attached hydrogen (secondary N) is 1. The molecule has 0 amide bonds. The number of aromatic nitrogens is 1. The fourth-order valence-electron chi connectivity index (χ4n) is 1.36. The molecule has 2 rings (SSSR count). The Balaban J connectivity index is 2.33. The molecule has 0 spiro atoms. The molecular weight excluding hydrogens is 279 g/mol. The lowest BCUT2D eigenvalue weighted by Crippen LogP contribution is -2.14. The maximum atomic E-state index is 12.9. The fraction of sp³-hybridized carbons (Fsp3) is 0.100. The monoisotopic (exact) mass is 288 g/mol. The van der Waals surface area contributed by atoms with Gasteiger partial charge in [0.15, 0.2) is 0 Å². The molecule has 0 unspecified atom stereocenters. The van der Waals surface area contributed by atoms with Gasteiger partial charge in [-0.25, -0.2) is 12.8 Å². The van der Waals surface area contributed by atoms with Crippen molar-refractivity contribution >= 4 is 27.0 Å². The first-order valence-electron chi connectivity index (χ1n) is 4.83. The normalized spacial score (nSPS) is 11.4. The third-order valence-electron chi connectivity index (χ3n) is 2.09. The number of sulfonamides is 1. The van der Waals surface area contributed by atoms with Crippen molar-refractivity contribution in [1.29, 1.82) is 0 Å². The number of rotatable bonds is 4. The van der Waals surface area contributed by atoms with Crippen LogP contribution in [0.5, 0.6) is 0 Å². The van der Waals surface area contributed by atoms with Gasteiger partial charge < -0.3 is 5.11 Å². The number of nitrogens with zero attached hydrogens (tertiary/aromatic N) is 1. The van der Waals surface area contributed by atoms with E-state index in [1.807, 2.05) is 0 Å². The Morgan fingerprint density at radius 2 is 2.22 bits per heavy atom. The number of pyridine rings is 1. The van der Waals surface area contributed by atoms with Crippen LogP contribution in [-0.2, 0) is 16.6 Å². The summed E-state index contributed by atoms with van der Waals surface area (Å²) in [6.45, 7) is -0.366. The molecule has 0 aliphatic heterocycles. The van der Waals surface area contributed by atoms with Gasteiger partial charge in [0.1, 0.15) is 10.7 Å². The van der Waals surface area contributed by atoms with Gasteiger partial charge in [-0.3, -0.25) is 9.71 Å². The van der Waals surface area contributed by atoms with E-state index in [9.17, 15) is 12.8 Å². The van der Waals surface area contributed by atoms with Crippen LogP contribution in [0.1, 0.15) is 4.88 Å². The summed E-state index contributed by atoms with van der Waals surface area (Å²) in [7, 11) is -3.84. The molecule has 0 saturated carbocycles. The molecule has 2 heterocycles. The summed E-state index contributed by atoms with van der Waals surface area (Å²) in [5, 5.41) is 10.6. The molecule has 0 saturated heterocycles. The molecule has 0 aliphatic carbocycles. The minimum absolute atomic E-state index is 0.0146. The summed E-state index contributed by atoms with van der Waals surface area (Å²) in [6, 6.07) is 2.40. The highest BCUT2D eigenvalue weighted by Crippen LogP contribution is 2.24. The van der Waals surface area contributed by atoms with Gasteiger partial charge in [-0.2, -0.15) is 0 Å². The first-order chi connectivity index (χ1) is 8.53. The Bertz CT molecular complexity index is 655. The maximum Gasteiger partial charge on any atom is 0.263 e. The van der Waals surface area contributed by atoms with Gasteiger partial charge in [0.2, 0.25) is 0 Å². The number of hydrogen-bond donors (Lipinski definition) is 2. The van der Waals surface area contributed by atoms with Crippen LogP contribution in [-0.4, -0.2) is 18.5 Å². The highest BCUT2D eigenvalue weighted by molar-refractivity contribution is 7.93. The molecule has 18 heavy (non-hydrogen) atoms. The van der Waals surface area contributed by atoms with Gasteiger partial charge in [0, 0.05) is 6.07 Å². The third kappa shape index (κ3) is 2.66. The Labute approximate surface area is 107 Å². The Hall–Kier alpha value is -1.51. The van der Waals surface area contributed by atoms with Crippen LogP contribution < -0.4 is 4.72 Å². The molecular formula is C10H9FN2O3S2. The van der Waals surface area contributed by atoms with Crippen LogP contribution >= 0.6 is 11.3 Å². The zero-order valence-electron chi connectivity index (χ0n) is 9.00. The van der Waals surface area contributed by atoms with Gasteiger partial charge in [0.05, 0.1) is 29.6 Å². The van der Waals surface area contributed by atoms with Crippen molar-refractivity contribution in [2.75, 3.05) is 4.72 Å². The Kier molecular flexibility index (Phi) is 3.60. The van der Waals surface area contributed by atoms with Crippen LogP contribution in [0, 0.1) is 5.82 Å². The highest BCUT2D eigenvalue weighted by Gasteiger charge is 2.19. The van der Waals surface area contributed by atoms with Gasteiger partial charge in [-0.15, -0.1) is 11.3 Å². The predicted molar refractivity (Wildman–Crippen MR) is 65.2 cm³/mol. The summed E-state index contributed by atoms with van der Waals surface area (Å²) >= 11 is 1.13. The quantitative estimate of drug-likeness (QED) is 0.895. The lowest BCUT2D eigenvalue weighted by atomic mass is 10.4. The van der Waals surface area contributed by atoms with Gasteiger partial charge in [0.25, 0.3) is 10.0 Å². The van der Waals surface area contributed by atoms with Gasteiger partial charge in [-0.1, -0.05) is 0 Å². The van der Waals surface area contributed by atoms with Crippen molar-refractivity contribution < 1.29 is 17.9 Å². The number of aliphatic hydroxyl groups is 1. The maximum absolute atomic E-state index is 12.9. The van der Waals surface area contributed by atoms with E-state index in [1.54, 1.807) is 5.38 Å². The number of anilines is 1. The van der Waals surface area contributed by atoms with Gasteiger partial charge >= 0.3 is 0 Å². The number of aliphatic hydroxyl groups excluding tert-OH is 1. The molecule has 0 bridgehead atoms. The second-order valence-electron chi connectivity index (χ2n) is 3.36. The molecule has 0 atom stereocenters. The van der Waals surface area contributed by atoms with Crippen LogP contribution in [0.15, 0.2) is 34.8 Å². The summed E-state index contributed by atoms with van der Waals surface area (Å²) in [5.74, 6) is -0.636. The average molecular weight is 288 g/mol. The van der Waals surface area contributed by atoms with E-state index >= 15 is 0 Å².